The van der Waals surface area contributed by atoms with E-state index in [-0.39, 0.29) is 5.91 Å². The van der Waals surface area contributed by atoms with Gasteiger partial charge >= 0.3 is 0 Å². The zero-order valence-electron chi connectivity index (χ0n) is 12.2. The monoisotopic (exact) mass is 268 g/mol. The Hall–Kier alpha value is -2.29. The molecule has 0 spiro atoms. The summed E-state index contributed by atoms with van der Waals surface area (Å²) in [4.78, 5) is 14.0. The van der Waals surface area contributed by atoms with Crippen LogP contribution in [-0.2, 0) is 11.2 Å². The minimum Gasteiger partial charge on any atom is -0.399 e. The van der Waals surface area contributed by atoms with Crippen molar-refractivity contribution in [2.45, 2.75) is 20.3 Å². The van der Waals surface area contributed by atoms with E-state index in [1.807, 2.05) is 57.3 Å². The molecule has 0 saturated heterocycles. The Bertz CT molecular complexity index is 597. The number of hydrogen-bond donors (Lipinski definition) is 1. The van der Waals surface area contributed by atoms with Crippen molar-refractivity contribution in [3.8, 4) is 0 Å². The van der Waals surface area contributed by atoms with Gasteiger partial charge in [0.2, 0.25) is 5.91 Å². The van der Waals surface area contributed by atoms with Gasteiger partial charge in [0.05, 0.1) is 6.42 Å². The SMILES string of the molecule is Cc1cc(C)cc(N(C)C(=O)Cc2ccc(N)cc2)c1. The van der Waals surface area contributed by atoms with Crippen molar-refractivity contribution < 1.29 is 4.79 Å². The molecular formula is C17H20N2O. The number of anilines is 2. The molecule has 2 N–H and O–H groups in total. The summed E-state index contributed by atoms with van der Waals surface area (Å²) in [5.74, 6) is 0.0692. The number of nitrogens with two attached hydrogens (primary N) is 1. The molecule has 0 atom stereocenters. The first-order valence-electron chi connectivity index (χ1n) is 6.65. The Balaban J connectivity index is 2.14. The van der Waals surface area contributed by atoms with Crippen LogP contribution in [0.4, 0.5) is 11.4 Å². The summed E-state index contributed by atoms with van der Waals surface area (Å²) in [7, 11) is 1.81. The van der Waals surface area contributed by atoms with Gasteiger partial charge in [-0.1, -0.05) is 18.2 Å². The summed E-state index contributed by atoms with van der Waals surface area (Å²) in [6.45, 7) is 4.07. The maximum atomic E-state index is 12.3. The van der Waals surface area contributed by atoms with Crippen LogP contribution < -0.4 is 10.6 Å². The van der Waals surface area contributed by atoms with Crippen molar-refractivity contribution in [3.63, 3.8) is 0 Å². The first-order chi connectivity index (χ1) is 9.45. The lowest BCUT2D eigenvalue weighted by Crippen LogP contribution is -2.27. The van der Waals surface area contributed by atoms with Crippen LogP contribution in [0.1, 0.15) is 16.7 Å². The molecule has 0 aliphatic heterocycles. The van der Waals surface area contributed by atoms with Crippen LogP contribution in [0.5, 0.6) is 0 Å². The molecule has 0 aliphatic carbocycles. The molecule has 0 bridgehead atoms. The van der Waals surface area contributed by atoms with Crippen molar-refractivity contribution in [3.05, 3.63) is 59.2 Å². The number of nitrogen functional groups attached to an aromatic ring is 1. The number of carbonyl (C=O) groups is 1. The van der Waals surface area contributed by atoms with E-state index in [0.717, 1.165) is 22.4 Å². The Morgan fingerprint density at radius 1 is 1.05 bits per heavy atom. The van der Waals surface area contributed by atoms with Gasteiger partial charge in [0.1, 0.15) is 0 Å². The Kier molecular flexibility index (Phi) is 4.08. The number of aryl methyl sites for hydroxylation is 2. The van der Waals surface area contributed by atoms with Gasteiger partial charge in [0.15, 0.2) is 0 Å². The number of carbonyl (C=O) groups excluding carboxylic acids is 1. The maximum absolute atomic E-state index is 12.3. The fourth-order valence-corrected chi connectivity index (χ4v) is 2.22. The van der Waals surface area contributed by atoms with E-state index < -0.39 is 0 Å². The van der Waals surface area contributed by atoms with Crippen LogP contribution in [-0.4, -0.2) is 13.0 Å². The molecule has 0 fully saturated rings. The summed E-state index contributed by atoms with van der Waals surface area (Å²) in [5.41, 5.74) is 10.6. The average molecular weight is 268 g/mol. The summed E-state index contributed by atoms with van der Waals surface area (Å²) >= 11 is 0. The minimum atomic E-state index is 0.0692. The second-order valence-electron chi connectivity index (χ2n) is 5.22. The van der Waals surface area contributed by atoms with Crippen molar-refractivity contribution in [2.24, 2.45) is 0 Å². The highest BCUT2D eigenvalue weighted by Crippen LogP contribution is 2.18. The van der Waals surface area contributed by atoms with Crippen molar-refractivity contribution in [2.75, 3.05) is 17.7 Å². The molecule has 0 saturated carbocycles. The second-order valence-corrected chi connectivity index (χ2v) is 5.22. The summed E-state index contributed by atoms with van der Waals surface area (Å²) in [5, 5.41) is 0. The summed E-state index contributed by atoms with van der Waals surface area (Å²) in [6, 6.07) is 13.6. The van der Waals surface area contributed by atoms with E-state index in [1.165, 1.54) is 0 Å². The van der Waals surface area contributed by atoms with E-state index in [4.69, 9.17) is 5.73 Å². The molecule has 2 aromatic carbocycles. The number of nitrogens with zero attached hydrogens (tertiary/aromatic N) is 1. The number of hydrogen-bond acceptors (Lipinski definition) is 2. The van der Waals surface area contributed by atoms with Crippen LogP contribution in [0, 0.1) is 13.8 Å². The largest absolute Gasteiger partial charge is 0.399 e. The lowest BCUT2D eigenvalue weighted by Gasteiger charge is -2.18. The van der Waals surface area contributed by atoms with E-state index in [9.17, 15) is 4.79 Å². The maximum Gasteiger partial charge on any atom is 0.231 e. The third kappa shape index (κ3) is 3.38. The lowest BCUT2D eigenvalue weighted by atomic mass is 10.1. The van der Waals surface area contributed by atoms with E-state index >= 15 is 0 Å². The average Bonchev–Trinajstić information content (AvgIpc) is 2.39. The highest BCUT2D eigenvalue weighted by atomic mass is 16.2. The normalized spacial score (nSPS) is 10.3. The van der Waals surface area contributed by atoms with Crippen molar-refractivity contribution in [1.82, 2.24) is 0 Å². The molecule has 0 radical (unpaired) electrons. The highest BCUT2D eigenvalue weighted by Gasteiger charge is 2.12. The Labute approximate surface area is 120 Å². The van der Waals surface area contributed by atoms with Gasteiger partial charge in [-0.25, -0.2) is 0 Å². The topological polar surface area (TPSA) is 46.3 Å². The lowest BCUT2D eigenvalue weighted by molar-refractivity contribution is -0.117. The van der Waals surface area contributed by atoms with Crippen molar-refractivity contribution in [1.29, 1.82) is 0 Å². The predicted molar refractivity (Wildman–Crippen MR) is 83.9 cm³/mol. The molecule has 104 valence electrons. The van der Waals surface area contributed by atoms with Crippen molar-refractivity contribution >= 4 is 17.3 Å². The Morgan fingerprint density at radius 3 is 2.15 bits per heavy atom. The molecule has 3 nitrogen and oxygen atoms in total. The fraction of sp³-hybridized carbons (Fsp3) is 0.235. The van der Waals surface area contributed by atoms with Gasteiger partial charge in [0, 0.05) is 18.4 Å². The highest BCUT2D eigenvalue weighted by molar-refractivity contribution is 5.94. The van der Waals surface area contributed by atoms with E-state index in [2.05, 4.69) is 6.07 Å². The molecule has 0 unspecified atom stereocenters. The van der Waals surface area contributed by atoms with E-state index in [0.29, 0.717) is 12.1 Å². The number of rotatable bonds is 3. The van der Waals surface area contributed by atoms with E-state index in [1.54, 1.807) is 4.90 Å². The molecule has 1 amide bonds. The van der Waals surface area contributed by atoms with Gasteiger partial charge in [0.25, 0.3) is 0 Å². The zero-order valence-corrected chi connectivity index (χ0v) is 12.2. The molecular weight excluding hydrogens is 248 g/mol. The third-order valence-electron chi connectivity index (χ3n) is 3.30. The molecule has 0 aliphatic rings. The quantitative estimate of drug-likeness (QED) is 0.869. The smallest absolute Gasteiger partial charge is 0.231 e. The molecule has 0 aromatic heterocycles. The van der Waals surface area contributed by atoms with Gasteiger partial charge in [-0.3, -0.25) is 4.79 Å². The van der Waals surface area contributed by atoms with Crippen LogP contribution >= 0.6 is 0 Å². The number of amides is 1. The number of benzene rings is 2. The second kappa shape index (κ2) is 5.78. The van der Waals surface area contributed by atoms with Crippen LogP contribution in [0.25, 0.3) is 0 Å². The number of likely N-dealkylation sites (N-methyl/N-ethyl adjacent to an activating group) is 1. The Morgan fingerprint density at radius 2 is 1.60 bits per heavy atom. The molecule has 0 heterocycles. The van der Waals surface area contributed by atoms with Gasteiger partial charge in [-0.15, -0.1) is 0 Å². The third-order valence-corrected chi connectivity index (χ3v) is 3.30. The van der Waals surface area contributed by atoms with Gasteiger partial charge in [-0.2, -0.15) is 0 Å². The zero-order chi connectivity index (χ0) is 14.7. The van der Waals surface area contributed by atoms with Crippen LogP contribution in [0.3, 0.4) is 0 Å². The predicted octanol–water partition coefficient (Wildman–Crippen LogP) is 3.09. The standard InChI is InChI=1S/C17H20N2O/c1-12-8-13(2)10-16(9-12)19(3)17(20)11-14-4-6-15(18)7-5-14/h4-10H,11,18H2,1-3H3. The fourth-order valence-electron chi connectivity index (χ4n) is 2.22. The van der Waals surface area contributed by atoms with Gasteiger partial charge in [-0.05, 0) is 54.8 Å². The molecule has 3 heteroatoms. The minimum absolute atomic E-state index is 0.0692. The van der Waals surface area contributed by atoms with Gasteiger partial charge < -0.3 is 10.6 Å². The van der Waals surface area contributed by atoms with Crippen LogP contribution in [0.15, 0.2) is 42.5 Å². The molecule has 2 rings (SSSR count). The first-order valence-corrected chi connectivity index (χ1v) is 6.65. The first kappa shape index (κ1) is 14.1. The van der Waals surface area contributed by atoms with Crippen LogP contribution in [0.2, 0.25) is 0 Å². The summed E-state index contributed by atoms with van der Waals surface area (Å²) < 4.78 is 0. The molecule has 20 heavy (non-hydrogen) atoms. The summed E-state index contributed by atoms with van der Waals surface area (Å²) in [6.07, 6.45) is 0.379. The molecule has 2 aromatic rings.